The highest BCUT2D eigenvalue weighted by Crippen LogP contribution is 2.30. The van der Waals surface area contributed by atoms with Gasteiger partial charge in [0.15, 0.2) is 0 Å². The lowest BCUT2D eigenvalue weighted by atomic mass is 10.3. The summed E-state index contributed by atoms with van der Waals surface area (Å²) in [6.07, 6.45) is 3.93. The van der Waals surface area contributed by atoms with Gasteiger partial charge in [0.2, 0.25) is 0 Å². The highest BCUT2D eigenvalue weighted by Gasteiger charge is 2.22. The smallest absolute Gasteiger partial charge is 0.266 e. The Hall–Kier alpha value is -2.48. The van der Waals surface area contributed by atoms with Gasteiger partial charge < -0.3 is 14.8 Å². The molecule has 0 aliphatic heterocycles. The average Bonchev–Trinajstić information content (AvgIpc) is 3.39. The van der Waals surface area contributed by atoms with Crippen molar-refractivity contribution in [1.82, 2.24) is 4.98 Å². The van der Waals surface area contributed by atoms with Crippen LogP contribution in [0.3, 0.4) is 0 Å². The van der Waals surface area contributed by atoms with Crippen LogP contribution < -0.4 is 19.5 Å². The van der Waals surface area contributed by atoms with Crippen molar-refractivity contribution in [1.29, 1.82) is 0 Å². The molecular weight excluding hydrogens is 330 g/mol. The van der Waals surface area contributed by atoms with E-state index >= 15 is 0 Å². The summed E-state index contributed by atoms with van der Waals surface area (Å²) in [5, 5.41) is 3.29. The molecule has 24 heavy (non-hydrogen) atoms. The summed E-state index contributed by atoms with van der Waals surface area (Å²) in [6, 6.07) is 8.45. The molecule has 0 saturated heterocycles. The second-order valence-electron chi connectivity index (χ2n) is 5.47. The highest BCUT2D eigenvalue weighted by molar-refractivity contribution is 7.92. The Labute approximate surface area is 141 Å². The minimum Gasteiger partial charge on any atom is -0.497 e. The van der Waals surface area contributed by atoms with Crippen LogP contribution in [0.2, 0.25) is 0 Å². The summed E-state index contributed by atoms with van der Waals surface area (Å²) in [5.74, 6) is 0.961. The summed E-state index contributed by atoms with van der Waals surface area (Å²) in [4.78, 5) is 4.16. The number of nitrogens with zero attached hydrogens (tertiary/aromatic N) is 1. The minimum atomic E-state index is -3.82. The van der Waals surface area contributed by atoms with Crippen molar-refractivity contribution in [2.24, 2.45) is 0 Å². The van der Waals surface area contributed by atoms with E-state index in [1.807, 2.05) is 0 Å². The summed E-state index contributed by atoms with van der Waals surface area (Å²) in [7, 11) is -0.909. The largest absolute Gasteiger partial charge is 0.497 e. The van der Waals surface area contributed by atoms with Crippen LogP contribution in [0.5, 0.6) is 11.5 Å². The summed E-state index contributed by atoms with van der Waals surface area (Å²) in [5.41, 5.74) is 0.877. The first-order valence-electron chi connectivity index (χ1n) is 7.49. The quantitative estimate of drug-likeness (QED) is 0.798. The van der Waals surface area contributed by atoms with E-state index in [-0.39, 0.29) is 16.5 Å². The number of benzene rings is 1. The van der Waals surface area contributed by atoms with Gasteiger partial charge >= 0.3 is 0 Å². The minimum absolute atomic E-state index is 0.0211. The van der Waals surface area contributed by atoms with Gasteiger partial charge in [0.1, 0.15) is 22.2 Å². The third-order valence-corrected chi connectivity index (χ3v) is 5.01. The van der Waals surface area contributed by atoms with Gasteiger partial charge in [-0.3, -0.25) is 4.72 Å². The van der Waals surface area contributed by atoms with Crippen molar-refractivity contribution in [3.05, 3.63) is 36.5 Å². The van der Waals surface area contributed by atoms with E-state index in [4.69, 9.17) is 9.47 Å². The zero-order valence-electron chi connectivity index (χ0n) is 13.4. The monoisotopic (exact) mass is 349 g/mol. The van der Waals surface area contributed by atoms with Gasteiger partial charge in [-0.2, -0.15) is 0 Å². The van der Waals surface area contributed by atoms with Crippen molar-refractivity contribution in [3.63, 3.8) is 0 Å². The van der Waals surface area contributed by atoms with Crippen molar-refractivity contribution in [2.45, 2.75) is 23.8 Å². The fourth-order valence-electron chi connectivity index (χ4n) is 2.19. The molecule has 2 aromatic rings. The second kappa shape index (κ2) is 6.56. The topological polar surface area (TPSA) is 89.6 Å². The molecule has 1 saturated carbocycles. The third kappa shape index (κ3) is 3.70. The molecule has 1 aliphatic carbocycles. The molecule has 0 unspecified atom stereocenters. The maximum Gasteiger partial charge on any atom is 0.266 e. The van der Waals surface area contributed by atoms with Crippen LogP contribution in [-0.2, 0) is 10.0 Å². The SMILES string of the molecule is COc1ccc(S(=O)(=O)Nc2ccc(NC3CC3)cn2)c(OC)c1. The third-order valence-electron chi connectivity index (χ3n) is 3.61. The molecule has 8 heteroatoms. The molecule has 0 atom stereocenters. The van der Waals surface area contributed by atoms with Gasteiger partial charge in [0.05, 0.1) is 26.1 Å². The molecule has 0 radical (unpaired) electrons. The molecule has 0 spiro atoms. The van der Waals surface area contributed by atoms with Gasteiger partial charge in [-0.05, 0) is 37.1 Å². The molecule has 2 N–H and O–H groups in total. The second-order valence-corrected chi connectivity index (χ2v) is 7.12. The average molecular weight is 349 g/mol. The number of sulfonamides is 1. The van der Waals surface area contributed by atoms with Crippen LogP contribution in [0.15, 0.2) is 41.4 Å². The predicted molar refractivity (Wildman–Crippen MR) is 91.2 cm³/mol. The maximum absolute atomic E-state index is 12.6. The van der Waals surface area contributed by atoms with Crippen molar-refractivity contribution in [3.8, 4) is 11.5 Å². The van der Waals surface area contributed by atoms with Gasteiger partial charge in [-0.25, -0.2) is 13.4 Å². The molecule has 1 aliphatic rings. The first kappa shape index (κ1) is 16.4. The van der Waals surface area contributed by atoms with Gasteiger partial charge in [-0.15, -0.1) is 0 Å². The Morgan fingerprint density at radius 3 is 2.50 bits per heavy atom. The Morgan fingerprint density at radius 2 is 1.92 bits per heavy atom. The lowest BCUT2D eigenvalue weighted by Gasteiger charge is -2.12. The Morgan fingerprint density at radius 1 is 1.12 bits per heavy atom. The van der Waals surface area contributed by atoms with E-state index < -0.39 is 10.0 Å². The lowest BCUT2D eigenvalue weighted by Crippen LogP contribution is -2.15. The highest BCUT2D eigenvalue weighted by atomic mass is 32.2. The normalized spacial score (nSPS) is 14.1. The molecule has 0 amide bonds. The summed E-state index contributed by atoms with van der Waals surface area (Å²) < 4.78 is 37.8. The Balaban J connectivity index is 1.80. The fraction of sp³-hybridized carbons (Fsp3) is 0.312. The molecule has 3 rings (SSSR count). The molecule has 1 heterocycles. The molecule has 1 aromatic carbocycles. The molecular formula is C16H19N3O4S. The Bertz CT molecular complexity index is 818. The molecule has 7 nitrogen and oxygen atoms in total. The summed E-state index contributed by atoms with van der Waals surface area (Å²) >= 11 is 0. The number of aromatic nitrogens is 1. The van der Waals surface area contributed by atoms with Crippen LogP contribution in [0.25, 0.3) is 0 Å². The van der Waals surface area contributed by atoms with E-state index in [9.17, 15) is 8.42 Å². The molecule has 128 valence electrons. The number of pyridine rings is 1. The van der Waals surface area contributed by atoms with Gasteiger partial charge in [-0.1, -0.05) is 0 Å². The van der Waals surface area contributed by atoms with Crippen LogP contribution in [0.4, 0.5) is 11.5 Å². The van der Waals surface area contributed by atoms with Gasteiger partial charge in [0.25, 0.3) is 10.0 Å². The molecule has 1 aromatic heterocycles. The van der Waals surface area contributed by atoms with Crippen LogP contribution >= 0.6 is 0 Å². The van der Waals surface area contributed by atoms with Gasteiger partial charge in [0, 0.05) is 12.1 Å². The fourth-order valence-corrected chi connectivity index (χ4v) is 3.35. The van der Waals surface area contributed by atoms with Crippen molar-refractivity contribution in [2.75, 3.05) is 24.3 Å². The number of nitrogens with one attached hydrogen (secondary N) is 2. The first-order valence-corrected chi connectivity index (χ1v) is 8.97. The van der Waals surface area contributed by atoms with E-state index in [1.54, 1.807) is 24.4 Å². The number of methoxy groups -OCH3 is 2. The number of rotatable bonds is 7. The zero-order chi connectivity index (χ0) is 17.2. The maximum atomic E-state index is 12.6. The number of anilines is 2. The molecule has 0 bridgehead atoms. The standard InChI is InChI=1S/C16H19N3O4S/c1-22-13-6-7-15(14(9-13)23-2)24(20,21)19-16-8-5-12(10-17-16)18-11-3-4-11/h5-11,18H,3-4H2,1-2H3,(H,17,19). The van der Waals surface area contributed by atoms with Crippen molar-refractivity contribution >= 4 is 21.5 Å². The summed E-state index contributed by atoms with van der Waals surface area (Å²) in [6.45, 7) is 0. The van der Waals surface area contributed by atoms with Crippen LogP contribution in [0, 0.1) is 0 Å². The first-order chi connectivity index (χ1) is 11.5. The van der Waals surface area contributed by atoms with E-state index in [0.717, 1.165) is 18.5 Å². The van der Waals surface area contributed by atoms with E-state index in [1.165, 1.54) is 26.4 Å². The Kier molecular flexibility index (Phi) is 4.48. The van der Waals surface area contributed by atoms with E-state index in [0.29, 0.717) is 11.8 Å². The van der Waals surface area contributed by atoms with Crippen molar-refractivity contribution < 1.29 is 17.9 Å². The predicted octanol–water partition coefficient (Wildman–Crippen LogP) is 2.47. The van der Waals surface area contributed by atoms with Crippen LogP contribution in [0.1, 0.15) is 12.8 Å². The number of hydrogen-bond donors (Lipinski definition) is 2. The van der Waals surface area contributed by atoms with E-state index in [2.05, 4.69) is 15.0 Å². The molecule has 1 fully saturated rings. The number of hydrogen-bond acceptors (Lipinski definition) is 6. The van der Waals surface area contributed by atoms with Crippen LogP contribution in [-0.4, -0.2) is 33.7 Å². The lowest BCUT2D eigenvalue weighted by molar-refractivity contribution is 0.386. The number of ether oxygens (including phenoxy) is 2. The zero-order valence-corrected chi connectivity index (χ0v) is 14.3.